The number of allylic oxidation sites excluding steroid dienone is 1. The summed E-state index contributed by atoms with van der Waals surface area (Å²) in [7, 11) is 5.49. The van der Waals surface area contributed by atoms with Crippen molar-refractivity contribution in [3.05, 3.63) is 23.7 Å². The van der Waals surface area contributed by atoms with E-state index in [-0.39, 0.29) is 11.4 Å². The van der Waals surface area contributed by atoms with Crippen molar-refractivity contribution in [2.24, 2.45) is 4.99 Å². The quantitative estimate of drug-likeness (QED) is 0.619. The molecule has 0 amide bonds. The molecule has 0 N–H and O–H groups in total. The van der Waals surface area contributed by atoms with Gasteiger partial charge in [0, 0.05) is 39.0 Å². The Bertz CT molecular complexity index is 577. The smallest absolute Gasteiger partial charge is 0.357 e. The molecule has 0 fully saturated rings. The minimum atomic E-state index is -0.389. The van der Waals surface area contributed by atoms with Crippen molar-refractivity contribution in [3.63, 3.8) is 0 Å². The number of nitrogens with zero attached hydrogens (tertiary/aromatic N) is 4. The van der Waals surface area contributed by atoms with Gasteiger partial charge in [-0.1, -0.05) is 20.8 Å². The second kappa shape index (κ2) is 7.24. The van der Waals surface area contributed by atoms with Gasteiger partial charge in [0.2, 0.25) is 0 Å². The Balaban J connectivity index is 3.48. The SMILES string of the molecule is CCOC(=O)c1cc(C(C)(C)C)nn1/C(C=NC)=C\N(C)C. The highest BCUT2D eigenvalue weighted by Crippen LogP contribution is 2.23. The fourth-order valence-corrected chi connectivity index (χ4v) is 1.83. The van der Waals surface area contributed by atoms with Gasteiger partial charge in [-0.25, -0.2) is 9.48 Å². The Kier molecular flexibility index (Phi) is 5.91. The zero-order valence-corrected chi connectivity index (χ0v) is 14.5. The molecular weight excluding hydrogens is 280 g/mol. The van der Waals surface area contributed by atoms with Gasteiger partial charge in [-0.15, -0.1) is 0 Å². The van der Waals surface area contributed by atoms with Crippen molar-refractivity contribution >= 4 is 17.9 Å². The predicted molar refractivity (Wildman–Crippen MR) is 89.3 cm³/mol. The van der Waals surface area contributed by atoms with E-state index in [2.05, 4.69) is 30.9 Å². The first kappa shape index (κ1) is 17.9. The number of hydrogen-bond acceptors (Lipinski definition) is 5. The minimum absolute atomic E-state index is 0.168. The van der Waals surface area contributed by atoms with Crippen molar-refractivity contribution in [1.82, 2.24) is 14.7 Å². The molecule has 6 heteroatoms. The Morgan fingerprint density at radius 1 is 1.45 bits per heavy atom. The van der Waals surface area contributed by atoms with E-state index in [9.17, 15) is 4.79 Å². The minimum Gasteiger partial charge on any atom is -0.461 e. The summed E-state index contributed by atoms with van der Waals surface area (Å²) in [5.74, 6) is -0.389. The van der Waals surface area contributed by atoms with Crippen LogP contribution < -0.4 is 0 Å². The van der Waals surface area contributed by atoms with Crippen LogP contribution in [-0.2, 0) is 10.2 Å². The molecule has 0 aromatic carbocycles. The maximum absolute atomic E-state index is 12.2. The molecule has 122 valence electrons. The van der Waals surface area contributed by atoms with Gasteiger partial charge in [0.15, 0.2) is 5.69 Å². The molecule has 0 atom stereocenters. The summed E-state index contributed by atoms with van der Waals surface area (Å²) < 4.78 is 6.73. The molecule has 1 aromatic heterocycles. The van der Waals surface area contributed by atoms with Crippen LogP contribution in [0.2, 0.25) is 0 Å². The van der Waals surface area contributed by atoms with Crippen LogP contribution in [0.4, 0.5) is 0 Å². The van der Waals surface area contributed by atoms with Crippen LogP contribution in [0.15, 0.2) is 17.3 Å². The number of hydrogen-bond donors (Lipinski definition) is 0. The largest absolute Gasteiger partial charge is 0.461 e. The first-order valence-corrected chi connectivity index (χ1v) is 7.29. The lowest BCUT2D eigenvalue weighted by Gasteiger charge is -2.14. The van der Waals surface area contributed by atoms with Gasteiger partial charge in [-0.05, 0) is 13.0 Å². The van der Waals surface area contributed by atoms with E-state index in [0.29, 0.717) is 18.0 Å². The summed E-state index contributed by atoms with van der Waals surface area (Å²) in [5.41, 5.74) is 1.76. The Hall–Kier alpha value is -2.11. The molecule has 0 aliphatic rings. The molecule has 1 aromatic rings. The standard InChI is InChI=1S/C16H26N4O2/c1-8-22-15(21)13-9-14(16(2,3)4)18-20(13)12(10-17-5)11-19(6)7/h9-11H,8H2,1-7H3/b12-11-,17-10?. The number of ether oxygens (including phenoxy) is 1. The van der Waals surface area contributed by atoms with Crippen molar-refractivity contribution in [2.75, 3.05) is 27.7 Å². The molecular formula is C16H26N4O2. The lowest BCUT2D eigenvalue weighted by atomic mass is 9.92. The molecule has 6 nitrogen and oxygen atoms in total. The third kappa shape index (κ3) is 4.44. The van der Waals surface area contributed by atoms with Crippen LogP contribution in [0, 0.1) is 0 Å². The number of carbonyl (C=O) groups excluding carboxylic acids is 1. The molecule has 0 aliphatic carbocycles. The van der Waals surface area contributed by atoms with Gasteiger partial charge < -0.3 is 9.64 Å². The topological polar surface area (TPSA) is 59.7 Å². The lowest BCUT2D eigenvalue weighted by molar-refractivity contribution is 0.0516. The van der Waals surface area contributed by atoms with E-state index in [4.69, 9.17) is 4.74 Å². The van der Waals surface area contributed by atoms with E-state index < -0.39 is 0 Å². The fraction of sp³-hybridized carbons (Fsp3) is 0.562. The van der Waals surface area contributed by atoms with Crippen LogP contribution in [0.3, 0.4) is 0 Å². The van der Waals surface area contributed by atoms with Gasteiger partial charge in [0.05, 0.1) is 18.0 Å². The second-order valence-electron chi connectivity index (χ2n) is 6.20. The molecule has 0 saturated heterocycles. The molecule has 0 radical (unpaired) electrons. The maximum atomic E-state index is 12.2. The van der Waals surface area contributed by atoms with Crippen LogP contribution in [0.25, 0.3) is 5.70 Å². The molecule has 1 rings (SSSR count). The van der Waals surface area contributed by atoms with Gasteiger partial charge in [0.25, 0.3) is 0 Å². The van der Waals surface area contributed by atoms with Crippen molar-refractivity contribution < 1.29 is 9.53 Å². The first-order chi connectivity index (χ1) is 10.2. The number of rotatable bonds is 5. The molecule has 22 heavy (non-hydrogen) atoms. The summed E-state index contributed by atoms with van der Waals surface area (Å²) in [6, 6.07) is 1.78. The third-order valence-corrected chi connectivity index (χ3v) is 2.86. The van der Waals surface area contributed by atoms with Gasteiger partial charge in [-0.3, -0.25) is 4.99 Å². The van der Waals surface area contributed by atoms with Crippen molar-refractivity contribution in [3.8, 4) is 0 Å². The Morgan fingerprint density at radius 2 is 2.09 bits per heavy atom. The number of esters is 1. The Labute approximate surface area is 132 Å². The monoisotopic (exact) mass is 306 g/mol. The average Bonchev–Trinajstić information content (AvgIpc) is 2.82. The van der Waals surface area contributed by atoms with Crippen LogP contribution in [0.5, 0.6) is 0 Å². The van der Waals surface area contributed by atoms with Gasteiger partial charge in [0.1, 0.15) is 0 Å². The first-order valence-electron chi connectivity index (χ1n) is 7.29. The number of carbonyl (C=O) groups is 1. The highest BCUT2D eigenvalue weighted by Gasteiger charge is 2.24. The summed E-state index contributed by atoms with van der Waals surface area (Å²) >= 11 is 0. The van der Waals surface area contributed by atoms with Gasteiger partial charge >= 0.3 is 5.97 Å². The zero-order valence-electron chi connectivity index (χ0n) is 14.5. The molecule has 0 aliphatic heterocycles. The van der Waals surface area contributed by atoms with Crippen LogP contribution >= 0.6 is 0 Å². The number of aromatic nitrogens is 2. The summed E-state index contributed by atoms with van der Waals surface area (Å²) in [4.78, 5) is 18.2. The van der Waals surface area contributed by atoms with Crippen molar-refractivity contribution in [2.45, 2.75) is 33.1 Å². The van der Waals surface area contributed by atoms with E-state index in [0.717, 1.165) is 5.69 Å². The normalized spacial score (nSPS) is 12.8. The highest BCUT2D eigenvalue weighted by atomic mass is 16.5. The van der Waals surface area contributed by atoms with Crippen LogP contribution in [0.1, 0.15) is 43.9 Å². The Morgan fingerprint density at radius 3 is 2.55 bits per heavy atom. The van der Waals surface area contributed by atoms with E-state index in [1.54, 1.807) is 30.9 Å². The lowest BCUT2D eigenvalue weighted by Crippen LogP contribution is -2.16. The summed E-state index contributed by atoms with van der Waals surface area (Å²) in [5, 5.41) is 4.59. The van der Waals surface area contributed by atoms with E-state index in [1.807, 2.05) is 25.2 Å². The second-order valence-corrected chi connectivity index (χ2v) is 6.20. The molecule has 0 saturated carbocycles. The van der Waals surface area contributed by atoms with Gasteiger partial charge in [-0.2, -0.15) is 5.10 Å². The fourth-order valence-electron chi connectivity index (χ4n) is 1.83. The van der Waals surface area contributed by atoms with Crippen LogP contribution in [-0.4, -0.2) is 54.6 Å². The number of aliphatic imine (C=N–C) groups is 1. The highest BCUT2D eigenvalue weighted by molar-refractivity contribution is 6.04. The third-order valence-electron chi connectivity index (χ3n) is 2.86. The van der Waals surface area contributed by atoms with E-state index >= 15 is 0 Å². The average molecular weight is 306 g/mol. The summed E-state index contributed by atoms with van der Waals surface area (Å²) in [6.07, 6.45) is 3.53. The van der Waals surface area contributed by atoms with Crippen molar-refractivity contribution in [1.29, 1.82) is 0 Å². The van der Waals surface area contributed by atoms with E-state index in [1.165, 1.54) is 0 Å². The zero-order chi connectivity index (χ0) is 16.9. The molecule has 0 spiro atoms. The predicted octanol–water partition coefficient (Wildman–Crippen LogP) is 2.42. The molecule has 0 bridgehead atoms. The maximum Gasteiger partial charge on any atom is 0.357 e. The molecule has 1 heterocycles. The molecule has 0 unspecified atom stereocenters. The summed E-state index contributed by atoms with van der Waals surface area (Å²) in [6.45, 7) is 8.27.